The Morgan fingerprint density at radius 2 is 1.97 bits per heavy atom. The van der Waals surface area contributed by atoms with Gasteiger partial charge in [-0.1, -0.05) is 34.1 Å². The summed E-state index contributed by atoms with van der Waals surface area (Å²) in [6.07, 6.45) is 0.444. The van der Waals surface area contributed by atoms with E-state index in [4.69, 9.17) is 4.42 Å². The van der Waals surface area contributed by atoms with Crippen molar-refractivity contribution < 1.29 is 17.6 Å². The predicted octanol–water partition coefficient (Wildman–Crippen LogP) is 4.95. The molecule has 0 saturated carbocycles. The molecule has 1 atom stereocenters. The van der Waals surface area contributed by atoms with Crippen molar-refractivity contribution in [2.24, 2.45) is 0 Å². The first-order chi connectivity index (χ1) is 14.1. The third-order valence-corrected chi connectivity index (χ3v) is 7.96. The number of aryl methyl sites for hydroxylation is 3. The largest absolute Gasteiger partial charge is 0.451 e. The van der Waals surface area contributed by atoms with Gasteiger partial charge < -0.3 is 9.32 Å². The molecule has 0 radical (unpaired) electrons. The van der Waals surface area contributed by atoms with Gasteiger partial charge in [0.05, 0.1) is 11.5 Å². The maximum atomic E-state index is 13.6. The first-order valence-electron chi connectivity index (χ1n) is 9.91. The molecule has 4 rings (SSSR count). The number of rotatable bonds is 4. The maximum absolute atomic E-state index is 13.6. The number of halogens is 1. The van der Waals surface area contributed by atoms with Crippen LogP contribution >= 0.6 is 15.9 Å². The number of sulfone groups is 1. The van der Waals surface area contributed by atoms with Crippen molar-refractivity contribution in [3.8, 4) is 0 Å². The molecule has 0 bridgehead atoms. The summed E-state index contributed by atoms with van der Waals surface area (Å²) in [4.78, 5) is 15.3. The molecule has 1 fully saturated rings. The third-order valence-electron chi connectivity index (χ3n) is 5.72. The SMILES string of the molecule is Cc1cc(C)c2c(C)c(C(=O)N(Cc3cccc(Br)c3)C3CCS(=O)(=O)C3)oc2c1. The van der Waals surface area contributed by atoms with Crippen LogP contribution in [0.4, 0.5) is 0 Å². The summed E-state index contributed by atoms with van der Waals surface area (Å²) < 4.78 is 31.2. The molecular weight excluding hydrogens is 466 g/mol. The van der Waals surface area contributed by atoms with Crippen LogP contribution in [0.2, 0.25) is 0 Å². The number of hydrogen-bond donors (Lipinski definition) is 0. The van der Waals surface area contributed by atoms with E-state index in [1.54, 1.807) is 4.90 Å². The molecule has 0 aliphatic carbocycles. The Hall–Kier alpha value is -2.12. The summed E-state index contributed by atoms with van der Waals surface area (Å²) in [5.74, 6) is 0.127. The van der Waals surface area contributed by atoms with E-state index in [-0.39, 0.29) is 29.2 Å². The van der Waals surface area contributed by atoms with Gasteiger partial charge in [-0.15, -0.1) is 0 Å². The fourth-order valence-electron chi connectivity index (χ4n) is 4.34. The lowest BCUT2D eigenvalue weighted by Gasteiger charge is -2.28. The van der Waals surface area contributed by atoms with Crippen molar-refractivity contribution in [2.45, 2.75) is 39.8 Å². The summed E-state index contributed by atoms with van der Waals surface area (Å²) in [6.45, 7) is 6.22. The highest BCUT2D eigenvalue weighted by Crippen LogP contribution is 2.32. The Labute approximate surface area is 185 Å². The van der Waals surface area contributed by atoms with Gasteiger partial charge in [-0.05, 0) is 62.1 Å². The number of benzene rings is 2. The van der Waals surface area contributed by atoms with E-state index in [0.29, 0.717) is 18.5 Å². The highest BCUT2D eigenvalue weighted by molar-refractivity contribution is 9.10. The summed E-state index contributed by atoms with van der Waals surface area (Å²) in [5.41, 5.74) is 4.55. The number of furan rings is 1. The lowest BCUT2D eigenvalue weighted by atomic mass is 10.0. The Morgan fingerprint density at radius 3 is 2.63 bits per heavy atom. The smallest absolute Gasteiger partial charge is 0.290 e. The minimum atomic E-state index is -3.14. The van der Waals surface area contributed by atoms with Crippen LogP contribution < -0.4 is 0 Å². The summed E-state index contributed by atoms with van der Waals surface area (Å²) in [6, 6.07) is 11.4. The number of fused-ring (bicyclic) bond motifs is 1. The van der Waals surface area contributed by atoms with Gasteiger partial charge >= 0.3 is 0 Å². The van der Waals surface area contributed by atoms with E-state index in [1.165, 1.54) is 0 Å². The second kappa shape index (κ2) is 7.85. The van der Waals surface area contributed by atoms with E-state index < -0.39 is 9.84 Å². The van der Waals surface area contributed by atoms with Crippen molar-refractivity contribution in [1.82, 2.24) is 4.90 Å². The van der Waals surface area contributed by atoms with E-state index in [0.717, 1.165) is 32.1 Å². The predicted molar refractivity (Wildman–Crippen MR) is 121 cm³/mol. The van der Waals surface area contributed by atoms with Gasteiger partial charge in [0.2, 0.25) is 0 Å². The monoisotopic (exact) mass is 489 g/mol. The standard InChI is InChI=1S/C23H24BrNO4S/c1-14-9-15(2)21-16(3)22(29-20(21)10-14)23(26)25(19-7-8-30(27,28)13-19)12-17-5-4-6-18(24)11-17/h4-6,9-11,19H,7-8,12-13H2,1-3H3. The number of nitrogens with zero attached hydrogens (tertiary/aromatic N) is 1. The Morgan fingerprint density at radius 1 is 1.20 bits per heavy atom. The van der Waals surface area contributed by atoms with Gasteiger partial charge in [0, 0.05) is 28.0 Å². The lowest BCUT2D eigenvalue weighted by Crippen LogP contribution is -2.40. The zero-order valence-corrected chi connectivity index (χ0v) is 19.6. The zero-order chi connectivity index (χ0) is 21.6. The third kappa shape index (κ3) is 4.05. The van der Waals surface area contributed by atoms with Crippen LogP contribution in [0, 0.1) is 20.8 Å². The molecule has 0 spiro atoms. The second-order valence-electron chi connectivity index (χ2n) is 8.13. The van der Waals surface area contributed by atoms with Crippen LogP contribution in [0.15, 0.2) is 45.3 Å². The normalized spacial score (nSPS) is 18.1. The fourth-order valence-corrected chi connectivity index (χ4v) is 6.52. The fraction of sp³-hybridized carbons (Fsp3) is 0.348. The highest BCUT2D eigenvalue weighted by atomic mass is 79.9. The van der Waals surface area contributed by atoms with Gasteiger partial charge in [-0.3, -0.25) is 4.79 Å². The van der Waals surface area contributed by atoms with Gasteiger partial charge in [-0.25, -0.2) is 8.42 Å². The summed E-state index contributed by atoms with van der Waals surface area (Å²) in [7, 11) is -3.14. The molecule has 158 valence electrons. The molecule has 1 saturated heterocycles. The molecule has 0 N–H and O–H groups in total. The van der Waals surface area contributed by atoms with E-state index in [1.807, 2.05) is 51.1 Å². The Bertz CT molecular complexity index is 1250. The van der Waals surface area contributed by atoms with Crippen LogP contribution in [0.3, 0.4) is 0 Å². The molecule has 2 heterocycles. The minimum Gasteiger partial charge on any atom is -0.451 e. The van der Waals surface area contributed by atoms with Gasteiger partial charge in [-0.2, -0.15) is 0 Å². The molecule has 1 unspecified atom stereocenters. The van der Waals surface area contributed by atoms with Crippen molar-refractivity contribution in [3.63, 3.8) is 0 Å². The number of hydrogen-bond acceptors (Lipinski definition) is 4. The topological polar surface area (TPSA) is 67.6 Å². The van der Waals surface area contributed by atoms with Crippen LogP contribution in [0.25, 0.3) is 11.0 Å². The van der Waals surface area contributed by atoms with Crippen LogP contribution in [0.5, 0.6) is 0 Å². The average molecular weight is 490 g/mol. The van der Waals surface area contributed by atoms with Gasteiger partial charge in [0.15, 0.2) is 15.6 Å². The molecular formula is C23H24BrNO4S. The average Bonchev–Trinajstić information content (AvgIpc) is 3.18. The van der Waals surface area contributed by atoms with Crippen molar-refractivity contribution >= 4 is 42.6 Å². The van der Waals surface area contributed by atoms with Crippen LogP contribution in [0.1, 0.15) is 39.2 Å². The van der Waals surface area contributed by atoms with Gasteiger partial charge in [0.1, 0.15) is 5.58 Å². The van der Waals surface area contributed by atoms with Crippen molar-refractivity contribution in [3.05, 3.63) is 68.9 Å². The summed E-state index contributed by atoms with van der Waals surface area (Å²) in [5, 5.41) is 0.949. The van der Waals surface area contributed by atoms with Crippen LogP contribution in [-0.4, -0.2) is 36.8 Å². The number of carbonyl (C=O) groups excluding carboxylic acids is 1. The molecule has 1 amide bonds. The van der Waals surface area contributed by atoms with Crippen molar-refractivity contribution in [2.75, 3.05) is 11.5 Å². The highest BCUT2D eigenvalue weighted by Gasteiger charge is 2.36. The first-order valence-corrected chi connectivity index (χ1v) is 12.5. The quantitative estimate of drug-likeness (QED) is 0.519. The first kappa shape index (κ1) is 21.1. The van der Waals surface area contributed by atoms with E-state index >= 15 is 0 Å². The molecule has 7 heteroatoms. The number of carbonyl (C=O) groups is 1. The van der Waals surface area contributed by atoms with Crippen LogP contribution in [-0.2, 0) is 16.4 Å². The molecule has 5 nitrogen and oxygen atoms in total. The second-order valence-corrected chi connectivity index (χ2v) is 11.3. The lowest BCUT2D eigenvalue weighted by molar-refractivity contribution is 0.0649. The Kier molecular flexibility index (Phi) is 5.53. The molecule has 1 aromatic heterocycles. The molecule has 30 heavy (non-hydrogen) atoms. The Balaban J connectivity index is 1.76. The maximum Gasteiger partial charge on any atom is 0.290 e. The molecule has 1 aliphatic heterocycles. The minimum absolute atomic E-state index is 0.00977. The summed E-state index contributed by atoms with van der Waals surface area (Å²) >= 11 is 3.47. The molecule has 3 aromatic rings. The van der Waals surface area contributed by atoms with E-state index in [9.17, 15) is 13.2 Å². The zero-order valence-electron chi connectivity index (χ0n) is 17.2. The van der Waals surface area contributed by atoms with Gasteiger partial charge in [0.25, 0.3) is 5.91 Å². The number of amides is 1. The molecule has 2 aromatic carbocycles. The van der Waals surface area contributed by atoms with Crippen molar-refractivity contribution in [1.29, 1.82) is 0 Å². The van der Waals surface area contributed by atoms with E-state index in [2.05, 4.69) is 22.0 Å². The molecule has 1 aliphatic rings.